The van der Waals surface area contributed by atoms with Gasteiger partial charge in [0.05, 0.1) is 4.32 Å². The summed E-state index contributed by atoms with van der Waals surface area (Å²) in [7, 11) is 0. The molecule has 0 bridgehead atoms. The second-order valence-electron chi connectivity index (χ2n) is 5.38. The molecule has 0 aromatic heterocycles. The van der Waals surface area contributed by atoms with Crippen LogP contribution in [0.5, 0.6) is 0 Å². The molecule has 0 saturated heterocycles. The van der Waals surface area contributed by atoms with Crippen molar-refractivity contribution < 1.29 is 4.79 Å². The fourth-order valence-electron chi connectivity index (χ4n) is 1.57. The van der Waals surface area contributed by atoms with E-state index in [1.807, 2.05) is 13.8 Å². The average molecular weight is 276 g/mol. The molecule has 0 heterocycles. The zero-order valence-corrected chi connectivity index (χ0v) is 11.8. The number of alkyl halides is 1. The van der Waals surface area contributed by atoms with Crippen LogP contribution < -0.4 is 0 Å². The Hall–Kier alpha value is -0.0500. The number of rotatable bonds is 5. The van der Waals surface area contributed by atoms with Gasteiger partial charge in [-0.1, -0.05) is 29.8 Å². The van der Waals surface area contributed by atoms with E-state index < -0.39 is 4.32 Å². The van der Waals surface area contributed by atoms with Crippen LogP contribution in [0.4, 0.5) is 0 Å². The fraction of sp³-hybridized carbons (Fsp3) is 0.917. The van der Waals surface area contributed by atoms with Crippen LogP contribution in [-0.4, -0.2) is 27.7 Å². The fourth-order valence-corrected chi connectivity index (χ4v) is 1.80. The smallest absolute Gasteiger partial charge is 0.239 e. The summed E-state index contributed by atoms with van der Waals surface area (Å²) in [4.78, 5) is 14.2. The molecule has 0 atom stereocenters. The van der Waals surface area contributed by atoms with E-state index in [-0.39, 0.29) is 5.91 Å². The zero-order valence-electron chi connectivity index (χ0n) is 10.2. The van der Waals surface area contributed by atoms with Crippen molar-refractivity contribution in [3.05, 3.63) is 0 Å². The molecule has 3 heteroatoms. The highest BCUT2D eigenvalue weighted by atomic mass is 79.9. The molecule has 0 aromatic rings. The monoisotopic (exact) mass is 275 g/mol. The van der Waals surface area contributed by atoms with Crippen LogP contribution in [0.15, 0.2) is 0 Å². The summed E-state index contributed by atoms with van der Waals surface area (Å²) in [5.74, 6) is 0.906. The van der Waals surface area contributed by atoms with Gasteiger partial charge in [-0.15, -0.1) is 0 Å². The van der Waals surface area contributed by atoms with Gasteiger partial charge in [-0.05, 0) is 39.0 Å². The molecule has 88 valence electrons. The molecule has 0 N–H and O–H groups in total. The third-order valence-corrected chi connectivity index (χ3v) is 3.04. The Morgan fingerprint density at radius 1 is 1.47 bits per heavy atom. The SMILES string of the molecule is CC(C)CCN(C(=O)C(C)(C)Br)C1CC1. The number of carbonyl (C=O) groups excluding carboxylic acids is 1. The largest absolute Gasteiger partial charge is 0.339 e. The minimum Gasteiger partial charge on any atom is -0.339 e. The number of amides is 1. The first-order chi connectivity index (χ1) is 6.82. The first kappa shape index (κ1) is 13.0. The molecule has 0 spiro atoms. The topological polar surface area (TPSA) is 20.3 Å². The van der Waals surface area contributed by atoms with E-state index in [0.29, 0.717) is 12.0 Å². The lowest BCUT2D eigenvalue weighted by molar-refractivity contribution is -0.133. The molecule has 2 nitrogen and oxygen atoms in total. The molecule has 1 rings (SSSR count). The average Bonchev–Trinajstić information content (AvgIpc) is 2.85. The van der Waals surface area contributed by atoms with Crippen LogP contribution in [-0.2, 0) is 4.79 Å². The van der Waals surface area contributed by atoms with Crippen LogP contribution >= 0.6 is 15.9 Å². The summed E-state index contributed by atoms with van der Waals surface area (Å²) in [6, 6.07) is 0.521. The summed E-state index contributed by atoms with van der Waals surface area (Å²) in [5.41, 5.74) is 0. The molecule has 1 fully saturated rings. The standard InChI is InChI=1S/C12H22BrNO/c1-9(2)7-8-14(10-5-6-10)11(15)12(3,4)13/h9-10H,5-8H2,1-4H3. The number of hydrogen-bond donors (Lipinski definition) is 0. The van der Waals surface area contributed by atoms with E-state index in [2.05, 4.69) is 34.7 Å². The van der Waals surface area contributed by atoms with Crippen molar-refractivity contribution in [2.45, 2.75) is 57.3 Å². The number of hydrogen-bond acceptors (Lipinski definition) is 1. The Labute approximate surface area is 102 Å². The van der Waals surface area contributed by atoms with Gasteiger partial charge < -0.3 is 4.90 Å². The summed E-state index contributed by atoms with van der Waals surface area (Å²) >= 11 is 3.46. The van der Waals surface area contributed by atoms with Gasteiger partial charge in [-0.2, -0.15) is 0 Å². The zero-order chi connectivity index (χ0) is 11.6. The lowest BCUT2D eigenvalue weighted by Crippen LogP contribution is -2.43. The molecular formula is C12H22BrNO. The van der Waals surface area contributed by atoms with Crippen LogP contribution in [0.1, 0.15) is 47.0 Å². The van der Waals surface area contributed by atoms with E-state index in [0.717, 1.165) is 13.0 Å². The summed E-state index contributed by atoms with van der Waals surface area (Å²) in [6.07, 6.45) is 3.48. The van der Waals surface area contributed by atoms with Gasteiger partial charge in [-0.3, -0.25) is 4.79 Å². The van der Waals surface area contributed by atoms with Crippen molar-refractivity contribution in [2.24, 2.45) is 5.92 Å². The second kappa shape index (κ2) is 4.86. The number of nitrogens with zero attached hydrogens (tertiary/aromatic N) is 1. The molecule has 0 radical (unpaired) electrons. The van der Waals surface area contributed by atoms with Crippen molar-refractivity contribution >= 4 is 21.8 Å². The van der Waals surface area contributed by atoms with E-state index in [1.165, 1.54) is 12.8 Å². The van der Waals surface area contributed by atoms with Gasteiger partial charge in [0.25, 0.3) is 0 Å². The highest BCUT2D eigenvalue weighted by Gasteiger charge is 2.37. The number of halogens is 1. The summed E-state index contributed by atoms with van der Waals surface area (Å²) < 4.78 is -0.410. The third-order valence-electron chi connectivity index (χ3n) is 2.70. The van der Waals surface area contributed by atoms with E-state index >= 15 is 0 Å². The first-order valence-corrected chi connectivity index (χ1v) is 6.61. The molecule has 0 unspecified atom stereocenters. The maximum atomic E-state index is 12.1. The molecule has 15 heavy (non-hydrogen) atoms. The van der Waals surface area contributed by atoms with E-state index in [9.17, 15) is 4.79 Å². The maximum absolute atomic E-state index is 12.1. The Bertz CT molecular complexity index is 228. The van der Waals surface area contributed by atoms with Gasteiger partial charge in [0, 0.05) is 12.6 Å². The molecule has 0 aromatic carbocycles. The molecule has 1 saturated carbocycles. The highest BCUT2D eigenvalue weighted by molar-refractivity contribution is 9.10. The molecule has 0 aliphatic heterocycles. The molecule has 1 aliphatic carbocycles. The second-order valence-corrected chi connectivity index (χ2v) is 7.37. The highest BCUT2D eigenvalue weighted by Crippen LogP contribution is 2.31. The van der Waals surface area contributed by atoms with E-state index in [4.69, 9.17) is 0 Å². The van der Waals surface area contributed by atoms with Gasteiger partial charge >= 0.3 is 0 Å². The molecule has 1 aliphatic rings. The Morgan fingerprint density at radius 3 is 2.33 bits per heavy atom. The molecule has 1 amide bonds. The van der Waals surface area contributed by atoms with Crippen molar-refractivity contribution in [3.63, 3.8) is 0 Å². The maximum Gasteiger partial charge on any atom is 0.239 e. The molecular weight excluding hydrogens is 254 g/mol. The van der Waals surface area contributed by atoms with Crippen LogP contribution in [0.3, 0.4) is 0 Å². The third kappa shape index (κ3) is 4.13. The summed E-state index contributed by atoms with van der Waals surface area (Å²) in [6.45, 7) is 9.18. The predicted molar refractivity (Wildman–Crippen MR) is 67.2 cm³/mol. The van der Waals surface area contributed by atoms with Crippen molar-refractivity contribution in [1.82, 2.24) is 4.90 Å². The van der Waals surface area contributed by atoms with Gasteiger partial charge in [-0.25, -0.2) is 0 Å². The van der Waals surface area contributed by atoms with Crippen molar-refractivity contribution in [1.29, 1.82) is 0 Å². The minimum absolute atomic E-state index is 0.241. The predicted octanol–water partition coefficient (Wildman–Crippen LogP) is 3.20. The first-order valence-electron chi connectivity index (χ1n) is 5.82. The Morgan fingerprint density at radius 2 is 2.00 bits per heavy atom. The Balaban J connectivity index is 2.54. The van der Waals surface area contributed by atoms with Gasteiger partial charge in [0.2, 0.25) is 5.91 Å². The van der Waals surface area contributed by atoms with Crippen molar-refractivity contribution in [2.75, 3.05) is 6.54 Å². The van der Waals surface area contributed by atoms with Crippen LogP contribution in [0.25, 0.3) is 0 Å². The Kier molecular flexibility index (Phi) is 4.21. The van der Waals surface area contributed by atoms with Crippen LogP contribution in [0, 0.1) is 5.92 Å². The van der Waals surface area contributed by atoms with E-state index in [1.54, 1.807) is 0 Å². The minimum atomic E-state index is -0.410. The van der Waals surface area contributed by atoms with Gasteiger partial charge in [0.15, 0.2) is 0 Å². The number of carbonyl (C=O) groups is 1. The lowest BCUT2D eigenvalue weighted by atomic mass is 10.1. The van der Waals surface area contributed by atoms with Gasteiger partial charge in [0.1, 0.15) is 0 Å². The lowest BCUT2D eigenvalue weighted by Gasteiger charge is -2.29. The summed E-state index contributed by atoms with van der Waals surface area (Å²) in [5, 5.41) is 0. The van der Waals surface area contributed by atoms with Crippen molar-refractivity contribution in [3.8, 4) is 0 Å². The normalized spacial score (nSPS) is 16.9. The quantitative estimate of drug-likeness (QED) is 0.706. The van der Waals surface area contributed by atoms with Crippen LogP contribution in [0.2, 0.25) is 0 Å².